The SMILES string of the molecule is Cc1ccc(CN(C)C(=S)Nc2ccc(F)cc2F)o1. The molecule has 20 heavy (non-hydrogen) atoms. The predicted octanol–water partition coefficient (Wildman–Crippen LogP) is 3.70. The Kier molecular flexibility index (Phi) is 4.34. The van der Waals surface area contributed by atoms with Crippen molar-refractivity contribution in [2.75, 3.05) is 12.4 Å². The van der Waals surface area contributed by atoms with E-state index in [1.807, 2.05) is 19.1 Å². The second-order valence-electron chi connectivity index (χ2n) is 4.42. The summed E-state index contributed by atoms with van der Waals surface area (Å²) in [5.41, 5.74) is 0.138. The lowest BCUT2D eigenvalue weighted by atomic mass is 10.3. The van der Waals surface area contributed by atoms with Gasteiger partial charge in [-0.2, -0.15) is 0 Å². The van der Waals surface area contributed by atoms with Gasteiger partial charge in [-0.05, 0) is 43.4 Å². The Labute approximate surface area is 121 Å². The molecule has 2 rings (SSSR count). The number of hydrogen-bond donors (Lipinski definition) is 1. The Hall–Kier alpha value is -1.95. The highest BCUT2D eigenvalue weighted by atomic mass is 32.1. The zero-order chi connectivity index (χ0) is 14.7. The van der Waals surface area contributed by atoms with Crippen LogP contribution in [0.25, 0.3) is 0 Å². The van der Waals surface area contributed by atoms with E-state index in [1.165, 1.54) is 12.1 Å². The maximum absolute atomic E-state index is 13.5. The fourth-order valence-corrected chi connectivity index (χ4v) is 1.85. The summed E-state index contributed by atoms with van der Waals surface area (Å²) in [4.78, 5) is 1.70. The molecule has 0 radical (unpaired) electrons. The van der Waals surface area contributed by atoms with Crippen LogP contribution in [0.2, 0.25) is 0 Å². The number of halogens is 2. The third kappa shape index (κ3) is 3.54. The first-order chi connectivity index (χ1) is 9.45. The molecule has 6 heteroatoms. The Morgan fingerprint density at radius 3 is 2.65 bits per heavy atom. The number of nitrogens with one attached hydrogen (secondary N) is 1. The van der Waals surface area contributed by atoms with Crippen molar-refractivity contribution in [3.8, 4) is 0 Å². The van der Waals surface area contributed by atoms with E-state index in [0.29, 0.717) is 11.7 Å². The standard InChI is InChI=1S/C14H14F2N2OS/c1-9-3-5-11(19-9)8-18(2)14(20)17-13-6-4-10(15)7-12(13)16/h3-7H,8H2,1-2H3,(H,17,20). The smallest absolute Gasteiger partial charge is 0.173 e. The Morgan fingerprint density at radius 1 is 1.30 bits per heavy atom. The molecule has 1 heterocycles. The van der Waals surface area contributed by atoms with Gasteiger partial charge in [0, 0.05) is 13.1 Å². The maximum Gasteiger partial charge on any atom is 0.173 e. The van der Waals surface area contributed by atoms with Gasteiger partial charge in [-0.25, -0.2) is 8.78 Å². The Balaban J connectivity index is 2.00. The summed E-state index contributed by atoms with van der Waals surface area (Å²) < 4.78 is 31.8. The van der Waals surface area contributed by atoms with Crippen molar-refractivity contribution in [2.45, 2.75) is 13.5 Å². The molecule has 1 aromatic carbocycles. The molecule has 106 valence electrons. The number of nitrogens with zero attached hydrogens (tertiary/aromatic N) is 1. The quantitative estimate of drug-likeness (QED) is 0.874. The number of rotatable bonds is 3. The Morgan fingerprint density at radius 2 is 2.05 bits per heavy atom. The molecule has 0 aliphatic heterocycles. The van der Waals surface area contributed by atoms with Crippen LogP contribution in [0.15, 0.2) is 34.7 Å². The number of hydrogen-bond acceptors (Lipinski definition) is 2. The van der Waals surface area contributed by atoms with Crippen LogP contribution in [0.3, 0.4) is 0 Å². The summed E-state index contributed by atoms with van der Waals surface area (Å²) in [7, 11) is 1.76. The molecular weight excluding hydrogens is 282 g/mol. The van der Waals surface area contributed by atoms with Crippen LogP contribution >= 0.6 is 12.2 Å². The predicted molar refractivity (Wildman–Crippen MR) is 77.5 cm³/mol. The molecule has 0 atom stereocenters. The molecule has 0 aliphatic carbocycles. The number of anilines is 1. The number of benzene rings is 1. The lowest BCUT2D eigenvalue weighted by molar-refractivity contribution is 0.403. The van der Waals surface area contributed by atoms with Crippen molar-refractivity contribution in [3.63, 3.8) is 0 Å². The summed E-state index contributed by atoms with van der Waals surface area (Å²) in [5, 5.41) is 3.06. The highest BCUT2D eigenvalue weighted by molar-refractivity contribution is 7.80. The molecule has 0 saturated carbocycles. The minimum Gasteiger partial charge on any atom is -0.464 e. The molecule has 2 aromatic rings. The molecular formula is C14H14F2N2OS. The third-order valence-corrected chi connectivity index (χ3v) is 3.12. The van der Waals surface area contributed by atoms with Crippen LogP contribution in [-0.2, 0) is 6.54 Å². The summed E-state index contributed by atoms with van der Waals surface area (Å²) in [5.74, 6) is 0.263. The Bertz CT molecular complexity index is 627. The fraction of sp³-hybridized carbons (Fsp3) is 0.214. The molecule has 3 nitrogen and oxygen atoms in total. The summed E-state index contributed by atoms with van der Waals surface area (Å²) >= 11 is 5.17. The van der Waals surface area contributed by atoms with E-state index in [0.717, 1.165) is 17.6 Å². The van der Waals surface area contributed by atoms with Crippen LogP contribution in [-0.4, -0.2) is 17.1 Å². The van der Waals surface area contributed by atoms with Crippen LogP contribution in [0.1, 0.15) is 11.5 Å². The van der Waals surface area contributed by atoms with Crippen molar-refractivity contribution in [2.24, 2.45) is 0 Å². The van der Waals surface area contributed by atoms with Gasteiger partial charge in [-0.15, -0.1) is 0 Å². The van der Waals surface area contributed by atoms with Crippen molar-refractivity contribution >= 4 is 23.0 Å². The molecule has 0 unspecified atom stereocenters. The minimum atomic E-state index is -0.686. The van der Waals surface area contributed by atoms with Crippen molar-refractivity contribution in [3.05, 3.63) is 53.5 Å². The summed E-state index contributed by atoms with van der Waals surface area (Å²) in [6.07, 6.45) is 0. The first kappa shape index (κ1) is 14.5. The number of furan rings is 1. The van der Waals surface area contributed by atoms with Crippen molar-refractivity contribution in [1.29, 1.82) is 0 Å². The third-order valence-electron chi connectivity index (χ3n) is 2.71. The summed E-state index contributed by atoms with van der Waals surface area (Å²) in [6, 6.07) is 7.00. The zero-order valence-corrected chi connectivity index (χ0v) is 11.9. The van der Waals surface area contributed by atoms with Gasteiger partial charge >= 0.3 is 0 Å². The van der Waals surface area contributed by atoms with E-state index in [-0.39, 0.29) is 5.69 Å². The molecule has 0 amide bonds. The van der Waals surface area contributed by atoms with Gasteiger partial charge in [0.25, 0.3) is 0 Å². The first-order valence-electron chi connectivity index (χ1n) is 5.98. The normalized spacial score (nSPS) is 10.4. The van der Waals surface area contributed by atoms with Crippen LogP contribution in [0, 0.1) is 18.6 Å². The van der Waals surface area contributed by atoms with Gasteiger partial charge in [-0.3, -0.25) is 0 Å². The molecule has 0 spiro atoms. The van der Waals surface area contributed by atoms with E-state index in [2.05, 4.69) is 5.32 Å². The maximum atomic E-state index is 13.5. The summed E-state index contributed by atoms with van der Waals surface area (Å²) in [6.45, 7) is 2.32. The second-order valence-corrected chi connectivity index (χ2v) is 4.81. The highest BCUT2D eigenvalue weighted by Gasteiger charge is 2.10. The average molecular weight is 296 g/mol. The second kappa shape index (κ2) is 6.00. The van der Waals surface area contributed by atoms with E-state index in [1.54, 1.807) is 11.9 Å². The van der Waals surface area contributed by atoms with Crippen LogP contribution in [0.4, 0.5) is 14.5 Å². The van der Waals surface area contributed by atoms with Gasteiger partial charge in [0.05, 0.1) is 12.2 Å². The van der Waals surface area contributed by atoms with Crippen molar-refractivity contribution in [1.82, 2.24) is 4.90 Å². The molecule has 0 fully saturated rings. The van der Waals surface area contributed by atoms with E-state index >= 15 is 0 Å². The molecule has 0 aliphatic rings. The average Bonchev–Trinajstić information content (AvgIpc) is 2.78. The molecule has 1 aromatic heterocycles. The largest absolute Gasteiger partial charge is 0.464 e. The van der Waals surface area contributed by atoms with Gasteiger partial charge in [0.15, 0.2) is 5.11 Å². The molecule has 0 bridgehead atoms. The minimum absolute atomic E-state index is 0.138. The van der Waals surface area contributed by atoms with Gasteiger partial charge < -0.3 is 14.6 Å². The van der Waals surface area contributed by atoms with Gasteiger partial charge in [0.2, 0.25) is 0 Å². The topological polar surface area (TPSA) is 28.4 Å². The van der Waals surface area contributed by atoms with E-state index in [9.17, 15) is 8.78 Å². The zero-order valence-electron chi connectivity index (χ0n) is 11.1. The fourth-order valence-electron chi connectivity index (χ4n) is 1.68. The number of thiocarbonyl (C=S) groups is 1. The van der Waals surface area contributed by atoms with E-state index < -0.39 is 11.6 Å². The lowest BCUT2D eigenvalue weighted by Gasteiger charge is -2.20. The lowest BCUT2D eigenvalue weighted by Crippen LogP contribution is -2.30. The van der Waals surface area contributed by atoms with E-state index in [4.69, 9.17) is 16.6 Å². The first-order valence-corrected chi connectivity index (χ1v) is 6.39. The highest BCUT2D eigenvalue weighted by Crippen LogP contribution is 2.16. The van der Waals surface area contributed by atoms with Gasteiger partial charge in [-0.1, -0.05) is 0 Å². The molecule has 0 saturated heterocycles. The molecule has 1 N–H and O–H groups in total. The van der Waals surface area contributed by atoms with Crippen molar-refractivity contribution < 1.29 is 13.2 Å². The van der Waals surface area contributed by atoms with Crippen LogP contribution < -0.4 is 5.32 Å². The van der Waals surface area contributed by atoms with Crippen LogP contribution in [0.5, 0.6) is 0 Å². The monoisotopic (exact) mass is 296 g/mol. The number of aryl methyl sites for hydroxylation is 1. The van der Waals surface area contributed by atoms with Gasteiger partial charge in [0.1, 0.15) is 23.2 Å².